The van der Waals surface area contributed by atoms with Crippen LogP contribution in [0, 0.1) is 0 Å². The lowest BCUT2D eigenvalue weighted by Crippen LogP contribution is -2.14. The molecule has 0 amide bonds. The van der Waals surface area contributed by atoms with Crippen molar-refractivity contribution in [1.29, 1.82) is 0 Å². The molecule has 4 nitrogen and oxygen atoms in total. The molecule has 0 fully saturated rings. The zero-order chi connectivity index (χ0) is 11.3. The lowest BCUT2D eigenvalue weighted by Gasteiger charge is -2.12. The molecule has 1 rings (SSSR count). The molecule has 0 aliphatic heterocycles. The highest BCUT2D eigenvalue weighted by Crippen LogP contribution is 2.25. The molecule has 1 aromatic heterocycles. The number of halogens is 1. The van der Waals surface area contributed by atoms with Crippen LogP contribution in [0.25, 0.3) is 0 Å². The van der Waals surface area contributed by atoms with Crippen molar-refractivity contribution in [2.75, 3.05) is 25.7 Å². The number of methoxy groups -OCH3 is 1. The van der Waals surface area contributed by atoms with Crippen molar-refractivity contribution in [2.24, 2.45) is 0 Å². The Balaban J connectivity index is 2.78. The second-order valence-electron chi connectivity index (χ2n) is 3.06. The van der Waals surface area contributed by atoms with Crippen LogP contribution in [-0.4, -0.2) is 40.6 Å². The summed E-state index contributed by atoms with van der Waals surface area (Å²) in [6, 6.07) is 0. The Kier molecular flexibility index (Phi) is 5.66. The molecule has 0 saturated heterocycles. The Morgan fingerprint density at radius 2 is 2.47 bits per heavy atom. The number of thioether (sulfide) groups is 1. The van der Waals surface area contributed by atoms with Gasteiger partial charge in [0.05, 0.1) is 29.5 Å². The van der Waals surface area contributed by atoms with Crippen molar-refractivity contribution in [3.05, 3.63) is 16.4 Å². The van der Waals surface area contributed by atoms with E-state index < -0.39 is 6.10 Å². The standard InChI is InChI=1S/C9H15BrN2O2S/c1-14-4-3-12-9(7(10)5-11-12)8(13)6-15-2/h5,8,13H,3-4,6H2,1-2H3. The summed E-state index contributed by atoms with van der Waals surface area (Å²) in [5, 5.41) is 14.1. The van der Waals surface area contributed by atoms with Gasteiger partial charge in [0.15, 0.2) is 0 Å². The van der Waals surface area contributed by atoms with Gasteiger partial charge in [0.25, 0.3) is 0 Å². The average Bonchev–Trinajstić information content (AvgIpc) is 2.57. The molecule has 0 aromatic carbocycles. The van der Waals surface area contributed by atoms with Gasteiger partial charge in [-0.2, -0.15) is 16.9 Å². The molecular weight excluding hydrogens is 280 g/mol. The van der Waals surface area contributed by atoms with E-state index in [1.807, 2.05) is 6.26 Å². The van der Waals surface area contributed by atoms with Gasteiger partial charge in [-0.25, -0.2) is 0 Å². The highest BCUT2D eigenvalue weighted by molar-refractivity contribution is 9.10. The van der Waals surface area contributed by atoms with E-state index in [-0.39, 0.29) is 0 Å². The van der Waals surface area contributed by atoms with Crippen LogP contribution in [0.15, 0.2) is 10.7 Å². The predicted octanol–water partition coefficient (Wildman–Crippen LogP) is 1.69. The summed E-state index contributed by atoms with van der Waals surface area (Å²) in [5.41, 5.74) is 0.821. The van der Waals surface area contributed by atoms with Gasteiger partial charge in [-0.15, -0.1) is 0 Å². The van der Waals surface area contributed by atoms with E-state index in [0.717, 1.165) is 10.2 Å². The van der Waals surface area contributed by atoms with Crippen LogP contribution in [0.1, 0.15) is 11.8 Å². The van der Waals surface area contributed by atoms with E-state index in [2.05, 4.69) is 21.0 Å². The number of ether oxygens (including phenoxy) is 1. The van der Waals surface area contributed by atoms with Gasteiger partial charge in [-0.3, -0.25) is 4.68 Å². The zero-order valence-corrected chi connectivity index (χ0v) is 11.2. The van der Waals surface area contributed by atoms with Gasteiger partial charge in [0.2, 0.25) is 0 Å². The molecule has 1 unspecified atom stereocenters. The average molecular weight is 295 g/mol. The van der Waals surface area contributed by atoms with Crippen LogP contribution in [0.5, 0.6) is 0 Å². The van der Waals surface area contributed by atoms with Gasteiger partial charge in [-0.05, 0) is 22.2 Å². The highest BCUT2D eigenvalue weighted by atomic mass is 79.9. The summed E-state index contributed by atoms with van der Waals surface area (Å²) < 4.78 is 7.61. The van der Waals surface area contributed by atoms with Crippen molar-refractivity contribution in [1.82, 2.24) is 9.78 Å². The first-order valence-corrected chi connectivity index (χ1v) is 6.76. The number of hydrogen-bond donors (Lipinski definition) is 1. The monoisotopic (exact) mass is 294 g/mol. The number of hydrogen-bond acceptors (Lipinski definition) is 4. The van der Waals surface area contributed by atoms with E-state index in [1.54, 1.807) is 29.8 Å². The Morgan fingerprint density at radius 1 is 1.73 bits per heavy atom. The molecule has 86 valence electrons. The third-order valence-corrected chi connectivity index (χ3v) is 3.24. The van der Waals surface area contributed by atoms with E-state index in [0.29, 0.717) is 18.9 Å². The van der Waals surface area contributed by atoms with E-state index in [1.165, 1.54) is 0 Å². The minimum absolute atomic E-state index is 0.492. The van der Waals surface area contributed by atoms with Crippen molar-refractivity contribution in [3.63, 3.8) is 0 Å². The number of aliphatic hydroxyl groups is 1. The fourth-order valence-corrected chi connectivity index (χ4v) is 2.33. The van der Waals surface area contributed by atoms with E-state index in [9.17, 15) is 5.11 Å². The quantitative estimate of drug-likeness (QED) is 0.867. The van der Waals surface area contributed by atoms with Crippen molar-refractivity contribution in [3.8, 4) is 0 Å². The van der Waals surface area contributed by atoms with E-state index >= 15 is 0 Å². The SMILES string of the molecule is COCCn1ncc(Br)c1C(O)CSC. The van der Waals surface area contributed by atoms with Crippen molar-refractivity contribution >= 4 is 27.7 Å². The molecule has 0 radical (unpaired) electrons. The van der Waals surface area contributed by atoms with Crippen LogP contribution in [0.4, 0.5) is 0 Å². The van der Waals surface area contributed by atoms with Gasteiger partial charge in [0.1, 0.15) is 6.10 Å². The van der Waals surface area contributed by atoms with Gasteiger partial charge in [-0.1, -0.05) is 0 Å². The molecular formula is C9H15BrN2O2S. The van der Waals surface area contributed by atoms with Crippen molar-refractivity contribution in [2.45, 2.75) is 12.6 Å². The molecule has 1 aromatic rings. The molecule has 1 atom stereocenters. The number of aliphatic hydroxyl groups excluding tert-OH is 1. The van der Waals surface area contributed by atoms with Crippen LogP contribution >= 0.6 is 27.7 Å². The summed E-state index contributed by atoms with van der Waals surface area (Å²) in [6.45, 7) is 1.25. The minimum atomic E-state index is -0.492. The first-order valence-electron chi connectivity index (χ1n) is 4.57. The lowest BCUT2D eigenvalue weighted by molar-refractivity contribution is 0.166. The maximum absolute atomic E-state index is 9.92. The largest absolute Gasteiger partial charge is 0.386 e. The topological polar surface area (TPSA) is 47.3 Å². The fourth-order valence-electron chi connectivity index (χ4n) is 1.30. The van der Waals surface area contributed by atoms with Gasteiger partial charge < -0.3 is 9.84 Å². The molecule has 0 spiro atoms. The summed E-state index contributed by atoms with van der Waals surface area (Å²) in [4.78, 5) is 0. The first kappa shape index (κ1) is 13.0. The Hall–Kier alpha value is -0.0400. The predicted molar refractivity (Wildman–Crippen MR) is 65.1 cm³/mol. The Labute approximate surface area is 102 Å². The number of aromatic nitrogens is 2. The fraction of sp³-hybridized carbons (Fsp3) is 0.667. The smallest absolute Gasteiger partial charge is 0.106 e. The molecule has 0 aliphatic carbocycles. The number of rotatable bonds is 6. The van der Waals surface area contributed by atoms with Crippen LogP contribution in [-0.2, 0) is 11.3 Å². The molecule has 0 aliphatic rings. The number of nitrogens with zero attached hydrogens (tertiary/aromatic N) is 2. The molecule has 1 heterocycles. The second kappa shape index (κ2) is 6.52. The maximum Gasteiger partial charge on any atom is 0.106 e. The maximum atomic E-state index is 9.92. The summed E-state index contributed by atoms with van der Waals surface area (Å²) >= 11 is 4.99. The summed E-state index contributed by atoms with van der Waals surface area (Å²) in [6.07, 6.45) is 3.18. The highest BCUT2D eigenvalue weighted by Gasteiger charge is 2.16. The lowest BCUT2D eigenvalue weighted by atomic mass is 10.3. The molecule has 0 bridgehead atoms. The normalized spacial score (nSPS) is 13.1. The Morgan fingerprint density at radius 3 is 3.07 bits per heavy atom. The third-order valence-electron chi connectivity index (χ3n) is 1.98. The second-order valence-corrected chi connectivity index (χ2v) is 4.83. The molecule has 1 N–H and O–H groups in total. The third kappa shape index (κ3) is 3.48. The Bertz CT molecular complexity index is 306. The molecule has 6 heteroatoms. The van der Waals surface area contributed by atoms with Crippen LogP contribution in [0.2, 0.25) is 0 Å². The zero-order valence-electron chi connectivity index (χ0n) is 8.81. The van der Waals surface area contributed by atoms with Crippen molar-refractivity contribution < 1.29 is 9.84 Å². The summed E-state index contributed by atoms with van der Waals surface area (Å²) in [5.74, 6) is 0.664. The van der Waals surface area contributed by atoms with Crippen LogP contribution < -0.4 is 0 Å². The van der Waals surface area contributed by atoms with Gasteiger partial charge in [0, 0.05) is 12.9 Å². The van der Waals surface area contributed by atoms with E-state index in [4.69, 9.17) is 4.74 Å². The first-order chi connectivity index (χ1) is 7.20. The summed E-state index contributed by atoms with van der Waals surface area (Å²) in [7, 11) is 1.65. The molecule has 15 heavy (non-hydrogen) atoms. The minimum Gasteiger partial charge on any atom is -0.386 e. The van der Waals surface area contributed by atoms with Crippen LogP contribution in [0.3, 0.4) is 0 Å². The van der Waals surface area contributed by atoms with Gasteiger partial charge >= 0.3 is 0 Å². The molecule has 0 saturated carbocycles.